The first-order valence-corrected chi connectivity index (χ1v) is 9.45. The summed E-state index contributed by atoms with van der Waals surface area (Å²) < 4.78 is 79.1. The van der Waals surface area contributed by atoms with E-state index in [9.17, 15) is 31.1 Å². The third kappa shape index (κ3) is 5.54. The van der Waals surface area contributed by atoms with Crippen molar-refractivity contribution in [3.05, 3.63) is 53.9 Å². The van der Waals surface area contributed by atoms with Crippen LogP contribution in [0.1, 0.15) is 11.1 Å². The van der Waals surface area contributed by atoms with Gasteiger partial charge in [-0.15, -0.1) is 10.2 Å². The van der Waals surface area contributed by atoms with E-state index in [0.717, 1.165) is 11.8 Å². The van der Waals surface area contributed by atoms with Crippen LogP contribution in [-0.2, 0) is 24.2 Å². The second kappa shape index (κ2) is 8.57. The van der Waals surface area contributed by atoms with E-state index in [0.29, 0.717) is 28.7 Å². The van der Waals surface area contributed by atoms with Crippen LogP contribution in [-0.4, -0.2) is 31.4 Å². The summed E-state index contributed by atoms with van der Waals surface area (Å²) in [7, 11) is 1.64. The Morgan fingerprint density at radius 2 is 1.71 bits per heavy atom. The number of carbonyl (C=O) groups is 1. The summed E-state index contributed by atoms with van der Waals surface area (Å²) >= 11 is 0.922. The Bertz CT molecular complexity index is 1050. The lowest BCUT2D eigenvalue weighted by molar-refractivity contribution is -0.143. The Labute approximate surface area is 175 Å². The lowest BCUT2D eigenvalue weighted by Crippen LogP contribution is -2.17. The summed E-state index contributed by atoms with van der Waals surface area (Å²) in [6, 6.07) is 4.34. The molecule has 0 fully saturated rings. The summed E-state index contributed by atoms with van der Waals surface area (Å²) in [5.41, 5.74) is -2.96. The highest BCUT2D eigenvalue weighted by Gasteiger charge is 2.37. The maximum atomic E-state index is 12.9. The van der Waals surface area contributed by atoms with Crippen molar-refractivity contribution in [3.8, 4) is 11.4 Å². The highest BCUT2D eigenvalue weighted by molar-refractivity contribution is 7.99. The van der Waals surface area contributed by atoms with Gasteiger partial charge in [0.05, 0.1) is 16.9 Å². The lowest BCUT2D eigenvalue weighted by Gasteiger charge is -2.14. The molecule has 3 aromatic rings. The first kappa shape index (κ1) is 22.6. The molecule has 0 aliphatic carbocycles. The van der Waals surface area contributed by atoms with E-state index >= 15 is 0 Å². The Morgan fingerprint density at radius 3 is 2.26 bits per heavy atom. The standard InChI is InChI=1S/C18H13F6N5OS/c1-29-15(10-3-2-4-25-8-10)27-28-16(29)31-9-14(30)26-13-6-11(17(19,20)21)5-12(7-13)18(22,23)24/h2-8H,9H2,1H3,(H,26,30). The van der Waals surface area contributed by atoms with Crippen LogP contribution in [0.2, 0.25) is 0 Å². The molecule has 0 aliphatic heterocycles. The molecule has 1 N–H and O–H groups in total. The normalized spacial score (nSPS) is 12.1. The zero-order valence-electron chi connectivity index (χ0n) is 15.6. The molecule has 0 saturated heterocycles. The molecule has 0 atom stereocenters. The van der Waals surface area contributed by atoms with E-state index in [4.69, 9.17) is 0 Å². The number of rotatable bonds is 5. The average molecular weight is 461 g/mol. The number of thioether (sulfide) groups is 1. The summed E-state index contributed by atoms with van der Waals surface area (Å²) in [6.45, 7) is 0. The first-order chi connectivity index (χ1) is 14.4. The van der Waals surface area contributed by atoms with Crippen LogP contribution in [0.5, 0.6) is 0 Å². The molecule has 1 amide bonds. The molecule has 2 aromatic heterocycles. The maximum absolute atomic E-state index is 12.9. The van der Waals surface area contributed by atoms with Crippen LogP contribution < -0.4 is 5.32 Å². The fourth-order valence-electron chi connectivity index (χ4n) is 2.54. The number of carbonyl (C=O) groups excluding carboxylic acids is 1. The first-order valence-electron chi connectivity index (χ1n) is 8.47. The fourth-order valence-corrected chi connectivity index (χ4v) is 3.25. The van der Waals surface area contributed by atoms with Crippen molar-refractivity contribution < 1.29 is 31.1 Å². The van der Waals surface area contributed by atoms with Crippen LogP contribution >= 0.6 is 11.8 Å². The van der Waals surface area contributed by atoms with Crippen LogP contribution in [0.15, 0.2) is 47.9 Å². The van der Waals surface area contributed by atoms with Crippen LogP contribution in [0.3, 0.4) is 0 Å². The van der Waals surface area contributed by atoms with Gasteiger partial charge in [0.25, 0.3) is 0 Å². The number of hydrogen-bond acceptors (Lipinski definition) is 5. The number of amides is 1. The van der Waals surface area contributed by atoms with E-state index in [-0.39, 0.29) is 11.8 Å². The number of nitrogens with zero attached hydrogens (tertiary/aromatic N) is 4. The highest BCUT2D eigenvalue weighted by atomic mass is 32.2. The molecule has 164 valence electrons. The van der Waals surface area contributed by atoms with Gasteiger partial charge in [0.15, 0.2) is 11.0 Å². The van der Waals surface area contributed by atoms with Crippen LogP contribution in [0, 0.1) is 0 Å². The molecule has 0 aliphatic rings. The molecule has 0 spiro atoms. The van der Waals surface area contributed by atoms with Gasteiger partial charge in [-0.1, -0.05) is 11.8 Å². The molecule has 0 radical (unpaired) electrons. The molecule has 1 aromatic carbocycles. The summed E-state index contributed by atoms with van der Waals surface area (Å²) in [5, 5.41) is 10.3. The van der Waals surface area contributed by atoms with Crippen molar-refractivity contribution in [2.75, 3.05) is 11.1 Å². The van der Waals surface area contributed by atoms with E-state index in [1.165, 1.54) is 0 Å². The zero-order valence-corrected chi connectivity index (χ0v) is 16.4. The minimum Gasteiger partial charge on any atom is -0.325 e. The third-order valence-corrected chi connectivity index (χ3v) is 4.98. The van der Waals surface area contributed by atoms with Crippen molar-refractivity contribution in [3.63, 3.8) is 0 Å². The van der Waals surface area contributed by atoms with Gasteiger partial charge in [-0.2, -0.15) is 26.3 Å². The monoisotopic (exact) mass is 461 g/mol. The van der Waals surface area contributed by atoms with Crippen molar-refractivity contribution in [2.45, 2.75) is 17.5 Å². The van der Waals surface area contributed by atoms with E-state index in [2.05, 4.69) is 20.5 Å². The van der Waals surface area contributed by atoms with Gasteiger partial charge < -0.3 is 9.88 Å². The van der Waals surface area contributed by atoms with Gasteiger partial charge in [0.2, 0.25) is 5.91 Å². The molecular weight excluding hydrogens is 448 g/mol. The van der Waals surface area contributed by atoms with Gasteiger partial charge in [-0.05, 0) is 30.3 Å². The SMILES string of the molecule is Cn1c(SCC(=O)Nc2cc(C(F)(F)F)cc(C(F)(F)F)c2)nnc1-c1cccnc1. The van der Waals surface area contributed by atoms with Gasteiger partial charge in [0, 0.05) is 30.7 Å². The molecule has 2 heterocycles. The van der Waals surface area contributed by atoms with E-state index in [1.807, 2.05) is 0 Å². The Morgan fingerprint density at radius 1 is 1.06 bits per heavy atom. The van der Waals surface area contributed by atoms with Crippen molar-refractivity contribution >= 4 is 23.4 Å². The topological polar surface area (TPSA) is 72.7 Å². The number of nitrogens with one attached hydrogen (secondary N) is 1. The molecule has 0 unspecified atom stereocenters. The average Bonchev–Trinajstić information content (AvgIpc) is 3.06. The predicted molar refractivity (Wildman–Crippen MR) is 100 cm³/mol. The van der Waals surface area contributed by atoms with Gasteiger partial charge >= 0.3 is 12.4 Å². The third-order valence-electron chi connectivity index (χ3n) is 3.96. The Kier molecular flexibility index (Phi) is 6.25. The summed E-state index contributed by atoms with van der Waals surface area (Å²) in [4.78, 5) is 16.1. The van der Waals surface area contributed by atoms with Crippen molar-refractivity contribution in [1.82, 2.24) is 19.7 Å². The number of pyridine rings is 1. The number of benzene rings is 1. The molecular formula is C18H13F6N5OS. The molecule has 3 rings (SSSR count). The molecule has 0 bridgehead atoms. The minimum absolute atomic E-state index is 0.00999. The number of alkyl halides is 6. The van der Waals surface area contributed by atoms with Crippen molar-refractivity contribution in [1.29, 1.82) is 0 Å². The molecule has 31 heavy (non-hydrogen) atoms. The largest absolute Gasteiger partial charge is 0.416 e. The molecule has 13 heteroatoms. The number of aromatic nitrogens is 4. The van der Waals surface area contributed by atoms with Gasteiger partial charge in [-0.3, -0.25) is 9.78 Å². The maximum Gasteiger partial charge on any atom is 0.416 e. The minimum atomic E-state index is -5.00. The van der Waals surface area contributed by atoms with Gasteiger partial charge in [-0.25, -0.2) is 0 Å². The quantitative estimate of drug-likeness (QED) is 0.443. The van der Waals surface area contributed by atoms with Crippen LogP contribution in [0.25, 0.3) is 11.4 Å². The fraction of sp³-hybridized carbons (Fsp3) is 0.222. The molecule has 0 saturated carbocycles. The second-order valence-electron chi connectivity index (χ2n) is 6.24. The summed E-state index contributed by atoms with van der Waals surface area (Å²) in [6.07, 6.45) is -6.86. The van der Waals surface area contributed by atoms with E-state index < -0.39 is 35.1 Å². The van der Waals surface area contributed by atoms with E-state index in [1.54, 1.807) is 36.1 Å². The van der Waals surface area contributed by atoms with Crippen LogP contribution in [0.4, 0.5) is 32.0 Å². The van der Waals surface area contributed by atoms with Gasteiger partial charge in [0.1, 0.15) is 0 Å². The predicted octanol–water partition coefficient (Wildman–Crippen LogP) is 4.65. The zero-order chi connectivity index (χ0) is 22.8. The molecule has 6 nitrogen and oxygen atoms in total. The Hall–Kier alpha value is -3.09. The highest BCUT2D eigenvalue weighted by Crippen LogP contribution is 2.37. The smallest absolute Gasteiger partial charge is 0.325 e. The number of anilines is 1. The summed E-state index contributed by atoms with van der Waals surface area (Å²) in [5.74, 6) is -0.636. The lowest BCUT2D eigenvalue weighted by atomic mass is 10.1. The Balaban J connectivity index is 1.72. The number of halogens is 6. The number of hydrogen-bond donors (Lipinski definition) is 1. The second-order valence-corrected chi connectivity index (χ2v) is 7.18. The van der Waals surface area contributed by atoms with Crippen molar-refractivity contribution in [2.24, 2.45) is 7.05 Å².